The normalized spacial score (nSPS) is 27.0. The van der Waals surface area contributed by atoms with Gasteiger partial charge in [-0.2, -0.15) is 0 Å². The van der Waals surface area contributed by atoms with E-state index in [4.69, 9.17) is 10.5 Å². The minimum Gasteiger partial charge on any atom is -0.376 e. The second kappa shape index (κ2) is 2.46. The maximum atomic E-state index is 5.61. The highest BCUT2D eigenvalue weighted by Gasteiger charge is 2.65. The number of hydrogen-bond donors (Lipinski definition) is 1. The van der Waals surface area contributed by atoms with Crippen LogP contribution in [-0.2, 0) is 4.74 Å². The molecule has 0 aromatic carbocycles. The second-order valence-electron chi connectivity index (χ2n) is 4.48. The first-order valence-electron chi connectivity index (χ1n) is 4.26. The Kier molecular flexibility index (Phi) is 2.01. The van der Waals surface area contributed by atoms with E-state index in [9.17, 15) is 0 Å². The molecular formula is C9H19NO. The molecule has 2 heteroatoms. The first-order chi connectivity index (χ1) is 4.94. The largest absolute Gasteiger partial charge is 0.376 e. The van der Waals surface area contributed by atoms with Crippen LogP contribution in [0.5, 0.6) is 0 Å². The lowest BCUT2D eigenvalue weighted by Crippen LogP contribution is -2.12. The lowest BCUT2D eigenvalue weighted by Gasteiger charge is -2.02. The SMILES string of the molecule is CC1(C)C(OCCN)C1(C)C. The van der Waals surface area contributed by atoms with Gasteiger partial charge in [0.25, 0.3) is 0 Å². The molecule has 0 spiro atoms. The van der Waals surface area contributed by atoms with Gasteiger partial charge in [-0.1, -0.05) is 27.7 Å². The van der Waals surface area contributed by atoms with Crippen LogP contribution in [0.2, 0.25) is 0 Å². The van der Waals surface area contributed by atoms with Gasteiger partial charge in [0.05, 0.1) is 12.7 Å². The van der Waals surface area contributed by atoms with E-state index in [1.54, 1.807) is 0 Å². The van der Waals surface area contributed by atoms with Gasteiger partial charge in [-0.05, 0) is 10.8 Å². The highest BCUT2D eigenvalue weighted by Crippen LogP contribution is 2.64. The van der Waals surface area contributed by atoms with Crippen LogP contribution in [0, 0.1) is 10.8 Å². The Morgan fingerprint density at radius 2 is 1.64 bits per heavy atom. The molecule has 2 nitrogen and oxygen atoms in total. The zero-order valence-corrected chi connectivity index (χ0v) is 7.98. The number of nitrogens with two attached hydrogens (primary N) is 1. The van der Waals surface area contributed by atoms with Crippen LogP contribution in [-0.4, -0.2) is 19.3 Å². The zero-order valence-electron chi connectivity index (χ0n) is 7.98. The summed E-state index contributed by atoms with van der Waals surface area (Å²) in [7, 11) is 0. The molecule has 11 heavy (non-hydrogen) atoms. The average Bonchev–Trinajstić information content (AvgIpc) is 2.23. The van der Waals surface area contributed by atoms with Gasteiger partial charge < -0.3 is 10.5 Å². The fourth-order valence-electron chi connectivity index (χ4n) is 1.74. The van der Waals surface area contributed by atoms with E-state index in [1.807, 2.05) is 0 Å². The van der Waals surface area contributed by atoms with E-state index < -0.39 is 0 Å². The predicted octanol–water partition coefficient (Wildman–Crippen LogP) is 1.40. The molecule has 1 aliphatic carbocycles. The molecule has 1 fully saturated rings. The summed E-state index contributed by atoms with van der Waals surface area (Å²) in [5.41, 5.74) is 6.03. The summed E-state index contributed by atoms with van der Waals surface area (Å²) in [5, 5.41) is 0. The summed E-state index contributed by atoms with van der Waals surface area (Å²) in [4.78, 5) is 0. The van der Waals surface area contributed by atoms with Gasteiger partial charge in [0.1, 0.15) is 0 Å². The molecule has 1 rings (SSSR count). The molecule has 0 aromatic heterocycles. The molecule has 0 amide bonds. The first-order valence-corrected chi connectivity index (χ1v) is 4.26. The molecule has 1 saturated carbocycles. The molecular weight excluding hydrogens is 138 g/mol. The maximum Gasteiger partial charge on any atom is 0.0689 e. The van der Waals surface area contributed by atoms with E-state index in [1.165, 1.54) is 0 Å². The summed E-state index contributed by atoms with van der Waals surface area (Å²) in [6.45, 7) is 10.3. The van der Waals surface area contributed by atoms with E-state index in [0.29, 0.717) is 30.1 Å². The number of rotatable bonds is 3. The zero-order chi connectivity index (χ0) is 8.70. The van der Waals surface area contributed by atoms with Crippen LogP contribution >= 0.6 is 0 Å². The molecule has 0 saturated heterocycles. The van der Waals surface area contributed by atoms with Crippen molar-refractivity contribution in [3.63, 3.8) is 0 Å². The summed E-state index contributed by atoms with van der Waals surface area (Å²) < 4.78 is 5.61. The second-order valence-corrected chi connectivity index (χ2v) is 4.48. The van der Waals surface area contributed by atoms with Crippen LogP contribution in [0.25, 0.3) is 0 Å². The quantitative estimate of drug-likeness (QED) is 0.672. The maximum absolute atomic E-state index is 5.61. The van der Waals surface area contributed by atoms with Crippen LogP contribution in [0.4, 0.5) is 0 Å². The summed E-state index contributed by atoms with van der Waals surface area (Å²) in [5.74, 6) is 0. The van der Waals surface area contributed by atoms with Crippen molar-refractivity contribution >= 4 is 0 Å². The standard InChI is InChI=1S/C9H19NO/c1-8(2)7(9(8,3)4)11-6-5-10/h7H,5-6,10H2,1-4H3. The predicted molar refractivity (Wildman–Crippen MR) is 46.4 cm³/mol. The molecule has 0 aliphatic heterocycles. The third kappa shape index (κ3) is 1.18. The van der Waals surface area contributed by atoms with Crippen molar-refractivity contribution in [2.45, 2.75) is 33.8 Å². The van der Waals surface area contributed by atoms with Gasteiger partial charge in [-0.3, -0.25) is 0 Å². The molecule has 0 radical (unpaired) electrons. The smallest absolute Gasteiger partial charge is 0.0689 e. The van der Waals surface area contributed by atoms with E-state index in [-0.39, 0.29) is 0 Å². The number of hydrogen-bond acceptors (Lipinski definition) is 2. The first kappa shape index (κ1) is 9.01. The Morgan fingerprint density at radius 1 is 1.18 bits per heavy atom. The van der Waals surface area contributed by atoms with Crippen molar-refractivity contribution in [3.8, 4) is 0 Å². The molecule has 2 N–H and O–H groups in total. The van der Waals surface area contributed by atoms with Gasteiger partial charge in [0.2, 0.25) is 0 Å². The Balaban J connectivity index is 2.41. The van der Waals surface area contributed by atoms with Crippen LogP contribution in [0.15, 0.2) is 0 Å². The van der Waals surface area contributed by atoms with Crippen molar-refractivity contribution in [1.82, 2.24) is 0 Å². The van der Waals surface area contributed by atoms with Gasteiger partial charge in [-0.25, -0.2) is 0 Å². The topological polar surface area (TPSA) is 35.2 Å². The highest BCUT2D eigenvalue weighted by atomic mass is 16.5. The summed E-state index contributed by atoms with van der Waals surface area (Å²) in [6.07, 6.45) is 0.401. The van der Waals surface area contributed by atoms with Gasteiger partial charge in [-0.15, -0.1) is 0 Å². The average molecular weight is 157 g/mol. The van der Waals surface area contributed by atoms with Crippen molar-refractivity contribution in [2.75, 3.05) is 13.2 Å². The fourth-order valence-corrected chi connectivity index (χ4v) is 1.74. The van der Waals surface area contributed by atoms with E-state index in [0.717, 1.165) is 0 Å². The summed E-state index contributed by atoms with van der Waals surface area (Å²) >= 11 is 0. The lowest BCUT2D eigenvalue weighted by atomic mass is 10.0. The Bertz CT molecular complexity index is 138. The van der Waals surface area contributed by atoms with Crippen molar-refractivity contribution in [2.24, 2.45) is 16.6 Å². The van der Waals surface area contributed by atoms with Gasteiger partial charge in [0, 0.05) is 6.54 Å². The molecule has 0 atom stereocenters. The number of ether oxygens (including phenoxy) is 1. The molecule has 1 aliphatic rings. The molecule has 66 valence electrons. The van der Waals surface area contributed by atoms with Crippen molar-refractivity contribution in [3.05, 3.63) is 0 Å². The van der Waals surface area contributed by atoms with Gasteiger partial charge >= 0.3 is 0 Å². The highest BCUT2D eigenvalue weighted by molar-refractivity contribution is 5.14. The Hall–Kier alpha value is -0.0800. The van der Waals surface area contributed by atoms with Crippen molar-refractivity contribution < 1.29 is 4.74 Å². The fraction of sp³-hybridized carbons (Fsp3) is 1.00. The monoisotopic (exact) mass is 157 g/mol. The summed E-state index contributed by atoms with van der Waals surface area (Å²) in [6, 6.07) is 0. The lowest BCUT2D eigenvalue weighted by molar-refractivity contribution is 0.0909. The molecule has 0 aromatic rings. The van der Waals surface area contributed by atoms with Crippen LogP contribution < -0.4 is 5.73 Å². The third-order valence-electron chi connectivity index (χ3n) is 3.29. The molecule has 0 unspecified atom stereocenters. The van der Waals surface area contributed by atoms with E-state index in [2.05, 4.69) is 27.7 Å². The van der Waals surface area contributed by atoms with E-state index >= 15 is 0 Å². The van der Waals surface area contributed by atoms with Gasteiger partial charge in [0.15, 0.2) is 0 Å². The Labute approximate surface area is 69.1 Å². The minimum atomic E-state index is 0.335. The molecule has 0 bridgehead atoms. The van der Waals surface area contributed by atoms with Crippen LogP contribution in [0.3, 0.4) is 0 Å². The van der Waals surface area contributed by atoms with Crippen molar-refractivity contribution in [1.29, 1.82) is 0 Å². The van der Waals surface area contributed by atoms with Crippen LogP contribution in [0.1, 0.15) is 27.7 Å². The third-order valence-corrected chi connectivity index (χ3v) is 3.29. The Morgan fingerprint density at radius 3 is 1.91 bits per heavy atom. The minimum absolute atomic E-state index is 0.335. The molecule has 0 heterocycles.